The van der Waals surface area contributed by atoms with Gasteiger partial charge in [0.2, 0.25) is 0 Å². The van der Waals surface area contributed by atoms with Crippen molar-refractivity contribution in [1.82, 2.24) is 9.80 Å². The predicted octanol–water partition coefficient (Wildman–Crippen LogP) is 0.697. The van der Waals surface area contributed by atoms with Gasteiger partial charge in [0.1, 0.15) is 11.5 Å². The van der Waals surface area contributed by atoms with Gasteiger partial charge in [0.25, 0.3) is 0 Å². The first-order valence-corrected chi connectivity index (χ1v) is 6.87. The lowest BCUT2D eigenvalue weighted by Gasteiger charge is -2.15. The fraction of sp³-hybridized carbons (Fsp3) is 0.333. The minimum atomic E-state index is -1.01. The highest BCUT2D eigenvalue weighted by molar-refractivity contribution is 6.45. The molecule has 1 heterocycles. The Morgan fingerprint density at radius 2 is 1.70 bits per heavy atom. The van der Waals surface area contributed by atoms with E-state index in [0.717, 1.165) is 4.90 Å². The molecule has 0 atom stereocenters. The molecule has 1 saturated heterocycles. The van der Waals surface area contributed by atoms with E-state index < -0.39 is 30.2 Å². The lowest BCUT2D eigenvalue weighted by molar-refractivity contribution is -0.143. The zero-order valence-corrected chi connectivity index (χ0v) is 13.0. The summed E-state index contributed by atoms with van der Waals surface area (Å²) in [4.78, 5) is 49.3. The van der Waals surface area contributed by atoms with Crippen molar-refractivity contribution in [1.29, 1.82) is 0 Å². The molecule has 0 radical (unpaired) electrons. The van der Waals surface area contributed by atoms with Crippen molar-refractivity contribution in [3.8, 4) is 11.5 Å². The fourth-order valence-electron chi connectivity index (χ4n) is 2.23. The van der Waals surface area contributed by atoms with Crippen LogP contribution < -0.4 is 9.47 Å². The van der Waals surface area contributed by atoms with E-state index in [2.05, 4.69) is 0 Å². The second kappa shape index (κ2) is 6.47. The van der Waals surface area contributed by atoms with Crippen LogP contribution in [0.5, 0.6) is 11.5 Å². The molecule has 0 N–H and O–H groups in total. The predicted molar refractivity (Wildman–Crippen MR) is 78.4 cm³/mol. The van der Waals surface area contributed by atoms with E-state index in [1.807, 2.05) is 0 Å². The number of amides is 4. The number of methoxy groups -OCH3 is 2. The second-order valence-electron chi connectivity index (χ2n) is 4.71. The van der Waals surface area contributed by atoms with Crippen molar-refractivity contribution in [3.63, 3.8) is 0 Å². The monoisotopic (exact) mass is 320 g/mol. The topological polar surface area (TPSA) is 93.2 Å². The fourth-order valence-corrected chi connectivity index (χ4v) is 2.23. The number of hydrogen-bond acceptors (Lipinski definition) is 6. The Hall–Kier alpha value is -2.90. The molecule has 0 unspecified atom stereocenters. The number of hydrogen-bond donors (Lipinski definition) is 0. The van der Waals surface area contributed by atoms with E-state index in [1.54, 1.807) is 19.1 Å². The third-order valence-electron chi connectivity index (χ3n) is 3.46. The number of imide groups is 2. The Labute approximate surface area is 132 Å². The maximum atomic E-state index is 12.4. The van der Waals surface area contributed by atoms with E-state index in [9.17, 15) is 19.2 Å². The van der Waals surface area contributed by atoms with Crippen LogP contribution in [0.25, 0.3) is 0 Å². The summed E-state index contributed by atoms with van der Waals surface area (Å²) in [5.41, 5.74) is 0.162. The maximum Gasteiger partial charge on any atom is 0.334 e. The van der Waals surface area contributed by atoms with Crippen LogP contribution in [0.3, 0.4) is 0 Å². The minimum absolute atomic E-state index is 0.0660. The Balaban J connectivity index is 2.27. The molecule has 4 amide bonds. The molecule has 0 aliphatic carbocycles. The summed E-state index contributed by atoms with van der Waals surface area (Å²) in [6.45, 7) is 1.10. The van der Waals surface area contributed by atoms with Gasteiger partial charge in [-0.3, -0.25) is 19.3 Å². The Morgan fingerprint density at radius 1 is 1.04 bits per heavy atom. The number of nitrogens with zero attached hydrogens (tertiary/aromatic N) is 2. The van der Waals surface area contributed by atoms with Crippen LogP contribution in [-0.4, -0.2) is 60.7 Å². The number of ketones is 1. The number of ether oxygens (including phenoxy) is 2. The van der Waals surface area contributed by atoms with Gasteiger partial charge < -0.3 is 9.47 Å². The van der Waals surface area contributed by atoms with Crippen LogP contribution in [0.1, 0.15) is 17.3 Å². The summed E-state index contributed by atoms with van der Waals surface area (Å²) in [5.74, 6) is -1.75. The number of likely N-dealkylation sites (N-methyl/N-ethyl adjacent to an activating group) is 1. The van der Waals surface area contributed by atoms with Gasteiger partial charge in [-0.2, -0.15) is 0 Å². The van der Waals surface area contributed by atoms with E-state index in [0.29, 0.717) is 10.6 Å². The molecule has 0 aromatic heterocycles. The minimum Gasteiger partial charge on any atom is -0.497 e. The van der Waals surface area contributed by atoms with E-state index in [-0.39, 0.29) is 17.9 Å². The summed E-state index contributed by atoms with van der Waals surface area (Å²) in [7, 11) is 2.84. The van der Waals surface area contributed by atoms with Crippen molar-refractivity contribution >= 4 is 23.6 Å². The highest BCUT2D eigenvalue weighted by atomic mass is 16.5. The third kappa shape index (κ3) is 2.87. The average Bonchev–Trinajstić information content (AvgIpc) is 2.77. The molecule has 1 aliphatic rings. The molecule has 0 saturated carbocycles. The van der Waals surface area contributed by atoms with Crippen molar-refractivity contribution in [2.45, 2.75) is 6.92 Å². The first-order chi connectivity index (χ1) is 10.9. The molecule has 0 bridgehead atoms. The molecule has 8 nitrogen and oxygen atoms in total. The van der Waals surface area contributed by atoms with Gasteiger partial charge in [-0.15, -0.1) is 0 Å². The molecule has 8 heteroatoms. The average molecular weight is 320 g/mol. The quantitative estimate of drug-likeness (QED) is 0.435. The van der Waals surface area contributed by atoms with Crippen molar-refractivity contribution in [2.24, 2.45) is 0 Å². The number of Topliss-reactive ketones (excluding diaryl/α,β-unsaturated/α-hetero) is 1. The number of rotatable bonds is 6. The van der Waals surface area contributed by atoms with Gasteiger partial charge in [0, 0.05) is 6.54 Å². The largest absolute Gasteiger partial charge is 0.497 e. The third-order valence-corrected chi connectivity index (χ3v) is 3.46. The van der Waals surface area contributed by atoms with E-state index in [1.165, 1.54) is 20.3 Å². The first-order valence-electron chi connectivity index (χ1n) is 6.87. The van der Waals surface area contributed by atoms with Crippen LogP contribution in [0.15, 0.2) is 18.2 Å². The summed E-state index contributed by atoms with van der Waals surface area (Å²) in [6, 6.07) is 3.82. The molecule has 23 heavy (non-hydrogen) atoms. The second-order valence-corrected chi connectivity index (χ2v) is 4.71. The number of carbonyl (C=O) groups is 4. The van der Waals surface area contributed by atoms with E-state index >= 15 is 0 Å². The zero-order chi connectivity index (χ0) is 17.1. The van der Waals surface area contributed by atoms with Gasteiger partial charge in [0.15, 0.2) is 5.78 Å². The lowest BCUT2D eigenvalue weighted by Crippen LogP contribution is -2.37. The number of carbonyl (C=O) groups excluding carboxylic acids is 4. The highest BCUT2D eigenvalue weighted by Gasteiger charge is 2.44. The number of benzene rings is 1. The molecule has 1 aromatic carbocycles. The summed E-state index contributed by atoms with van der Waals surface area (Å²) in [5, 5.41) is 0. The van der Waals surface area contributed by atoms with Gasteiger partial charge in [0.05, 0.1) is 26.3 Å². The molecule has 2 rings (SSSR count). The first kappa shape index (κ1) is 16.5. The standard InChI is InChI=1S/C15H16N2O6/c1-4-16-13(19)14(20)17(15(16)21)8-11(18)10-7-9(22-2)5-6-12(10)23-3/h5-7H,4,8H2,1-3H3. The smallest absolute Gasteiger partial charge is 0.334 e. The van der Waals surface area contributed by atoms with Gasteiger partial charge in [-0.05, 0) is 25.1 Å². The summed E-state index contributed by atoms with van der Waals surface area (Å²) in [6.07, 6.45) is 0. The van der Waals surface area contributed by atoms with Crippen LogP contribution in [-0.2, 0) is 9.59 Å². The summed E-state index contributed by atoms with van der Waals surface area (Å²) < 4.78 is 10.2. The zero-order valence-electron chi connectivity index (χ0n) is 13.0. The maximum absolute atomic E-state index is 12.4. The molecular weight excluding hydrogens is 304 g/mol. The molecular formula is C15H16N2O6. The molecule has 1 aromatic rings. The van der Waals surface area contributed by atoms with Gasteiger partial charge in [-0.25, -0.2) is 9.69 Å². The van der Waals surface area contributed by atoms with Crippen LogP contribution in [0.2, 0.25) is 0 Å². The van der Waals surface area contributed by atoms with Gasteiger partial charge >= 0.3 is 17.8 Å². The normalized spacial score (nSPS) is 14.5. The highest BCUT2D eigenvalue weighted by Crippen LogP contribution is 2.25. The molecule has 1 aliphatic heterocycles. The Bertz CT molecular complexity index is 685. The van der Waals surface area contributed by atoms with Crippen molar-refractivity contribution in [2.75, 3.05) is 27.3 Å². The van der Waals surface area contributed by atoms with Crippen molar-refractivity contribution in [3.05, 3.63) is 23.8 Å². The lowest BCUT2D eigenvalue weighted by atomic mass is 10.1. The van der Waals surface area contributed by atoms with Crippen LogP contribution in [0, 0.1) is 0 Å². The Kier molecular flexibility index (Phi) is 4.63. The Morgan fingerprint density at radius 3 is 2.22 bits per heavy atom. The van der Waals surface area contributed by atoms with Crippen LogP contribution >= 0.6 is 0 Å². The SMILES string of the molecule is CCN1C(=O)C(=O)N(CC(=O)c2cc(OC)ccc2OC)C1=O. The molecule has 0 spiro atoms. The van der Waals surface area contributed by atoms with Crippen molar-refractivity contribution < 1.29 is 28.7 Å². The summed E-state index contributed by atoms with van der Waals surface area (Å²) >= 11 is 0. The molecule has 1 fully saturated rings. The molecule has 122 valence electrons. The van der Waals surface area contributed by atoms with E-state index in [4.69, 9.17) is 9.47 Å². The number of urea groups is 1. The van der Waals surface area contributed by atoms with Crippen LogP contribution in [0.4, 0.5) is 4.79 Å². The van der Waals surface area contributed by atoms with Gasteiger partial charge in [-0.1, -0.05) is 0 Å².